The maximum absolute atomic E-state index is 12.6. The van der Waals surface area contributed by atoms with E-state index in [-0.39, 0.29) is 4.73 Å². The van der Waals surface area contributed by atoms with Crippen LogP contribution in [0.2, 0.25) is 0 Å². The second kappa shape index (κ2) is 4.73. The van der Waals surface area contributed by atoms with E-state index in [1.165, 1.54) is 6.07 Å². The minimum atomic E-state index is -4.67. The first-order chi connectivity index (χ1) is 9.86. The average molecular weight is 358 g/mol. The number of imidazole rings is 1. The minimum Gasteiger partial charge on any atom is -0.618 e. The molecule has 0 atom stereocenters. The van der Waals surface area contributed by atoms with E-state index in [9.17, 15) is 18.4 Å². The predicted octanol–water partition coefficient (Wildman–Crippen LogP) is 3.42. The molecule has 0 spiro atoms. The van der Waals surface area contributed by atoms with E-state index in [2.05, 4.69) is 20.9 Å². The molecule has 3 aromatic heterocycles. The molecule has 0 aliphatic heterocycles. The van der Waals surface area contributed by atoms with Crippen molar-refractivity contribution >= 4 is 21.6 Å². The van der Waals surface area contributed by atoms with Crippen LogP contribution >= 0.6 is 15.9 Å². The normalized spacial score (nSPS) is 12.0. The van der Waals surface area contributed by atoms with Crippen molar-refractivity contribution in [3.05, 3.63) is 58.4 Å². The molecule has 0 unspecified atom stereocenters. The zero-order valence-electron chi connectivity index (χ0n) is 10.3. The topological polar surface area (TPSA) is 44.2 Å². The number of fused-ring (bicyclic) bond motifs is 1. The Balaban J connectivity index is 2.10. The molecule has 0 saturated carbocycles. The van der Waals surface area contributed by atoms with Crippen molar-refractivity contribution in [2.75, 3.05) is 0 Å². The third-order valence-corrected chi connectivity index (χ3v) is 3.59. The molecule has 0 aliphatic carbocycles. The third kappa shape index (κ3) is 2.46. The molecule has 3 heterocycles. The lowest BCUT2D eigenvalue weighted by Gasteiger charge is -2.09. The second-order valence-electron chi connectivity index (χ2n) is 4.35. The lowest BCUT2D eigenvalue weighted by molar-refractivity contribution is -0.628. The van der Waals surface area contributed by atoms with Crippen LogP contribution in [0, 0.1) is 5.21 Å². The number of pyridine rings is 2. The number of hydrogen-bond donors (Lipinski definition) is 0. The van der Waals surface area contributed by atoms with Gasteiger partial charge in [-0.3, -0.25) is 4.40 Å². The first-order valence-electron chi connectivity index (χ1n) is 5.79. The molecule has 0 N–H and O–H groups in total. The number of aromatic nitrogens is 3. The molecule has 3 aromatic rings. The summed E-state index contributed by atoms with van der Waals surface area (Å²) in [5.41, 5.74) is 0.448. The first kappa shape index (κ1) is 13.9. The summed E-state index contributed by atoms with van der Waals surface area (Å²) in [5, 5.41) is 11.5. The molecule has 0 aliphatic rings. The summed E-state index contributed by atoms with van der Waals surface area (Å²) in [6.07, 6.45) is -0.457. The lowest BCUT2D eigenvalue weighted by atomic mass is 10.1. The Morgan fingerprint density at radius 1 is 1.14 bits per heavy atom. The molecular formula is C13H7BrF3N3O. The molecule has 0 fully saturated rings. The van der Waals surface area contributed by atoms with Gasteiger partial charge in [0.15, 0.2) is 6.20 Å². The van der Waals surface area contributed by atoms with E-state index in [1.807, 2.05) is 0 Å². The third-order valence-electron chi connectivity index (χ3n) is 3.00. The van der Waals surface area contributed by atoms with Gasteiger partial charge >= 0.3 is 6.18 Å². The standard InChI is InChI=1S/C13H7BrF3N3O/c14-11-5-18-12-4-2-8(6-19(11)12)9-1-3-10(13(15,16)17)20(21)7-9/h1-7H. The van der Waals surface area contributed by atoms with Crippen LogP contribution in [0.1, 0.15) is 5.69 Å². The highest BCUT2D eigenvalue weighted by Crippen LogP contribution is 2.28. The molecule has 0 saturated heterocycles. The summed E-state index contributed by atoms with van der Waals surface area (Å²) in [7, 11) is 0. The monoisotopic (exact) mass is 357 g/mol. The molecule has 21 heavy (non-hydrogen) atoms. The summed E-state index contributed by atoms with van der Waals surface area (Å²) >= 11 is 3.31. The van der Waals surface area contributed by atoms with E-state index in [0.29, 0.717) is 21.4 Å². The molecule has 3 rings (SSSR count). The zero-order valence-corrected chi connectivity index (χ0v) is 11.9. The van der Waals surface area contributed by atoms with Crippen molar-refractivity contribution in [1.82, 2.24) is 9.38 Å². The van der Waals surface area contributed by atoms with E-state index >= 15 is 0 Å². The number of rotatable bonds is 1. The van der Waals surface area contributed by atoms with E-state index in [0.717, 1.165) is 12.3 Å². The highest BCUT2D eigenvalue weighted by Gasteiger charge is 2.39. The van der Waals surface area contributed by atoms with Gasteiger partial charge in [0.05, 0.1) is 6.20 Å². The van der Waals surface area contributed by atoms with Gasteiger partial charge in [0.1, 0.15) is 10.3 Å². The van der Waals surface area contributed by atoms with Crippen LogP contribution in [-0.4, -0.2) is 9.38 Å². The number of alkyl halides is 3. The van der Waals surface area contributed by atoms with Gasteiger partial charge in [-0.2, -0.15) is 17.9 Å². The molecule has 0 bridgehead atoms. The summed E-state index contributed by atoms with van der Waals surface area (Å²) in [5.74, 6) is 0. The fourth-order valence-corrected chi connectivity index (χ4v) is 2.38. The Morgan fingerprint density at radius 3 is 2.52 bits per heavy atom. The van der Waals surface area contributed by atoms with Crippen molar-refractivity contribution in [2.24, 2.45) is 0 Å². The Labute approximate surface area is 125 Å². The van der Waals surface area contributed by atoms with Crippen LogP contribution < -0.4 is 4.73 Å². The van der Waals surface area contributed by atoms with Gasteiger partial charge < -0.3 is 5.21 Å². The van der Waals surface area contributed by atoms with Gasteiger partial charge in [-0.25, -0.2) is 4.98 Å². The quantitative estimate of drug-likeness (QED) is 0.494. The molecule has 0 aromatic carbocycles. The van der Waals surface area contributed by atoms with Gasteiger partial charge in [0.2, 0.25) is 0 Å². The molecule has 108 valence electrons. The Kier molecular flexibility index (Phi) is 3.12. The van der Waals surface area contributed by atoms with Gasteiger partial charge in [-0.1, -0.05) is 0 Å². The maximum Gasteiger partial charge on any atom is 0.478 e. The van der Waals surface area contributed by atoms with Crippen molar-refractivity contribution in [1.29, 1.82) is 0 Å². The van der Waals surface area contributed by atoms with Crippen LogP contribution in [0.25, 0.3) is 16.8 Å². The fourth-order valence-electron chi connectivity index (χ4n) is 1.99. The van der Waals surface area contributed by atoms with E-state index < -0.39 is 11.9 Å². The van der Waals surface area contributed by atoms with Crippen molar-refractivity contribution in [3.8, 4) is 11.1 Å². The number of hydrogen-bond acceptors (Lipinski definition) is 2. The average Bonchev–Trinajstić information content (AvgIpc) is 2.78. The van der Waals surface area contributed by atoms with Crippen LogP contribution in [0.4, 0.5) is 13.2 Å². The van der Waals surface area contributed by atoms with Crippen LogP contribution in [0.3, 0.4) is 0 Å². The Hall–Kier alpha value is -2.09. The Morgan fingerprint density at radius 2 is 1.86 bits per heavy atom. The maximum atomic E-state index is 12.6. The SMILES string of the molecule is [O-][n+]1cc(-c2ccc3ncc(Br)n3c2)ccc1C(F)(F)F. The molecule has 0 radical (unpaired) electrons. The second-order valence-corrected chi connectivity index (χ2v) is 5.17. The fraction of sp³-hybridized carbons (Fsp3) is 0.0769. The van der Waals surface area contributed by atoms with Crippen LogP contribution in [0.5, 0.6) is 0 Å². The van der Waals surface area contributed by atoms with Gasteiger partial charge in [-0.05, 0) is 34.1 Å². The number of halogens is 4. The van der Waals surface area contributed by atoms with Gasteiger partial charge in [0, 0.05) is 23.4 Å². The van der Waals surface area contributed by atoms with Gasteiger partial charge in [0.25, 0.3) is 5.69 Å². The summed E-state index contributed by atoms with van der Waals surface area (Å²) in [6, 6.07) is 5.45. The van der Waals surface area contributed by atoms with Gasteiger partial charge in [-0.15, -0.1) is 0 Å². The van der Waals surface area contributed by atoms with Crippen LogP contribution in [-0.2, 0) is 6.18 Å². The predicted molar refractivity (Wildman–Crippen MR) is 72.3 cm³/mol. The highest BCUT2D eigenvalue weighted by molar-refractivity contribution is 9.10. The lowest BCUT2D eigenvalue weighted by Crippen LogP contribution is -2.36. The van der Waals surface area contributed by atoms with E-state index in [4.69, 9.17) is 0 Å². The number of nitrogens with zero attached hydrogens (tertiary/aromatic N) is 3. The summed E-state index contributed by atoms with van der Waals surface area (Å²) in [6.45, 7) is 0. The largest absolute Gasteiger partial charge is 0.618 e. The van der Waals surface area contributed by atoms with E-state index in [1.54, 1.807) is 28.9 Å². The zero-order chi connectivity index (χ0) is 15.2. The highest BCUT2D eigenvalue weighted by atomic mass is 79.9. The first-order valence-corrected chi connectivity index (χ1v) is 6.59. The Bertz CT molecular complexity index is 829. The molecule has 8 heteroatoms. The summed E-state index contributed by atoms with van der Waals surface area (Å²) in [4.78, 5) is 4.12. The van der Waals surface area contributed by atoms with Crippen molar-refractivity contribution < 1.29 is 17.9 Å². The van der Waals surface area contributed by atoms with Crippen molar-refractivity contribution in [3.63, 3.8) is 0 Å². The molecule has 4 nitrogen and oxygen atoms in total. The summed E-state index contributed by atoms with van der Waals surface area (Å²) < 4.78 is 40.0. The minimum absolute atomic E-state index is 0.164. The van der Waals surface area contributed by atoms with Crippen LogP contribution in [0.15, 0.2) is 47.5 Å². The van der Waals surface area contributed by atoms with Crippen molar-refractivity contribution in [2.45, 2.75) is 6.18 Å². The molecule has 0 amide bonds. The smallest absolute Gasteiger partial charge is 0.478 e. The molecular weight excluding hydrogens is 351 g/mol.